The van der Waals surface area contributed by atoms with Gasteiger partial charge in [-0.2, -0.15) is 0 Å². The molecule has 0 unspecified atom stereocenters. The fourth-order valence-electron chi connectivity index (χ4n) is 3.64. The van der Waals surface area contributed by atoms with Crippen molar-refractivity contribution in [3.8, 4) is 0 Å². The third kappa shape index (κ3) is 2.64. The molecule has 20 heavy (non-hydrogen) atoms. The molecule has 1 saturated carbocycles. The van der Waals surface area contributed by atoms with Gasteiger partial charge in [0.1, 0.15) is 0 Å². The summed E-state index contributed by atoms with van der Waals surface area (Å²) in [5, 5.41) is 0. The Kier molecular flexibility index (Phi) is 4.17. The Labute approximate surface area is 121 Å². The van der Waals surface area contributed by atoms with Gasteiger partial charge in [-0.3, -0.25) is 0 Å². The van der Waals surface area contributed by atoms with Gasteiger partial charge in [0.2, 0.25) is 0 Å². The van der Waals surface area contributed by atoms with Crippen LogP contribution in [-0.2, 0) is 4.74 Å². The van der Waals surface area contributed by atoms with Crippen LogP contribution in [0.1, 0.15) is 36.3 Å². The Morgan fingerprint density at radius 3 is 1.90 bits per heavy atom. The fraction of sp³-hybridized carbons (Fsp3) is 0.368. The van der Waals surface area contributed by atoms with Gasteiger partial charge in [-0.1, -0.05) is 67.1 Å². The maximum atomic E-state index is 5.75. The lowest BCUT2D eigenvalue weighted by atomic mass is 9.79. The lowest BCUT2D eigenvalue weighted by Gasteiger charge is -2.29. The summed E-state index contributed by atoms with van der Waals surface area (Å²) in [6.45, 7) is 0. The highest BCUT2D eigenvalue weighted by molar-refractivity contribution is 5.34. The van der Waals surface area contributed by atoms with E-state index in [0.717, 1.165) is 0 Å². The number of ether oxygens (including phenoxy) is 1. The van der Waals surface area contributed by atoms with Gasteiger partial charge in [-0.25, -0.2) is 0 Å². The summed E-state index contributed by atoms with van der Waals surface area (Å²) in [5.41, 5.74) is 2.82. The van der Waals surface area contributed by atoms with Crippen molar-refractivity contribution in [2.75, 3.05) is 7.11 Å². The molecule has 2 aromatic rings. The monoisotopic (exact) mass is 266 g/mol. The predicted octanol–water partition coefficient (Wildman–Crippen LogP) is 4.63. The molecule has 1 heteroatoms. The second-order valence-electron chi connectivity index (χ2n) is 5.67. The summed E-state index contributed by atoms with van der Waals surface area (Å²) >= 11 is 0. The SMILES string of the molecule is CO[C@@H]1CCC[C@@H]1C(c1ccccc1)c1ccccc1. The maximum Gasteiger partial charge on any atom is 0.0608 e. The molecule has 104 valence electrons. The van der Waals surface area contributed by atoms with E-state index in [0.29, 0.717) is 17.9 Å². The second-order valence-corrected chi connectivity index (χ2v) is 5.67. The van der Waals surface area contributed by atoms with Crippen molar-refractivity contribution in [3.63, 3.8) is 0 Å². The molecular formula is C19H22O. The van der Waals surface area contributed by atoms with Gasteiger partial charge in [-0.05, 0) is 29.9 Å². The zero-order valence-corrected chi connectivity index (χ0v) is 12.0. The summed E-state index contributed by atoms with van der Waals surface area (Å²) in [5.74, 6) is 1.04. The largest absolute Gasteiger partial charge is 0.381 e. The Bertz CT molecular complexity index is 480. The Balaban J connectivity index is 2.00. The normalized spacial score (nSPS) is 22.3. The molecule has 1 aliphatic carbocycles. The molecule has 1 fully saturated rings. The fourth-order valence-corrected chi connectivity index (χ4v) is 3.64. The van der Waals surface area contributed by atoms with Crippen LogP contribution in [0, 0.1) is 5.92 Å². The lowest BCUT2D eigenvalue weighted by Crippen LogP contribution is -2.24. The molecule has 0 aliphatic heterocycles. The molecule has 0 aromatic heterocycles. The van der Waals surface area contributed by atoms with Gasteiger partial charge in [0.05, 0.1) is 6.10 Å². The Hall–Kier alpha value is -1.60. The number of benzene rings is 2. The molecule has 0 radical (unpaired) electrons. The molecule has 0 heterocycles. The molecule has 0 saturated heterocycles. The smallest absolute Gasteiger partial charge is 0.0608 e. The van der Waals surface area contributed by atoms with Crippen LogP contribution in [0.3, 0.4) is 0 Å². The average molecular weight is 266 g/mol. The number of hydrogen-bond acceptors (Lipinski definition) is 1. The molecule has 0 amide bonds. The highest BCUT2D eigenvalue weighted by atomic mass is 16.5. The highest BCUT2D eigenvalue weighted by Gasteiger charge is 2.35. The van der Waals surface area contributed by atoms with Crippen LogP contribution in [0.15, 0.2) is 60.7 Å². The topological polar surface area (TPSA) is 9.23 Å². The van der Waals surface area contributed by atoms with Crippen molar-refractivity contribution in [3.05, 3.63) is 71.8 Å². The van der Waals surface area contributed by atoms with Crippen molar-refractivity contribution in [2.45, 2.75) is 31.3 Å². The summed E-state index contributed by atoms with van der Waals surface area (Å²) in [6, 6.07) is 21.8. The minimum absolute atomic E-state index is 0.389. The van der Waals surface area contributed by atoms with E-state index in [-0.39, 0.29) is 0 Å². The van der Waals surface area contributed by atoms with Gasteiger partial charge in [-0.15, -0.1) is 0 Å². The number of rotatable bonds is 4. The molecule has 3 rings (SSSR count). The molecule has 1 aliphatic rings. The number of hydrogen-bond donors (Lipinski definition) is 0. The maximum absolute atomic E-state index is 5.75. The zero-order chi connectivity index (χ0) is 13.8. The molecule has 1 nitrogen and oxygen atoms in total. The van der Waals surface area contributed by atoms with E-state index in [4.69, 9.17) is 4.74 Å². The van der Waals surface area contributed by atoms with Gasteiger partial charge < -0.3 is 4.74 Å². The van der Waals surface area contributed by atoms with Crippen LogP contribution >= 0.6 is 0 Å². The Morgan fingerprint density at radius 2 is 1.40 bits per heavy atom. The van der Waals surface area contributed by atoms with Crippen molar-refractivity contribution < 1.29 is 4.74 Å². The summed E-state index contributed by atoms with van der Waals surface area (Å²) in [4.78, 5) is 0. The first kappa shape index (κ1) is 13.4. The standard InChI is InChI=1S/C19H22O/c1-20-18-14-8-13-17(18)19(15-9-4-2-5-10-15)16-11-6-3-7-12-16/h2-7,9-12,17-19H,8,13-14H2,1H3/t17-,18+/m0/s1. The Morgan fingerprint density at radius 1 is 0.850 bits per heavy atom. The van der Waals surface area contributed by atoms with Crippen LogP contribution in [0.4, 0.5) is 0 Å². The lowest BCUT2D eigenvalue weighted by molar-refractivity contribution is 0.0653. The van der Waals surface area contributed by atoms with E-state index >= 15 is 0 Å². The van der Waals surface area contributed by atoms with Gasteiger partial charge >= 0.3 is 0 Å². The van der Waals surface area contributed by atoms with E-state index in [1.165, 1.54) is 30.4 Å². The van der Waals surface area contributed by atoms with Crippen LogP contribution in [-0.4, -0.2) is 13.2 Å². The van der Waals surface area contributed by atoms with E-state index in [2.05, 4.69) is 60.7 Å². The predicted molar refractivity (Wildman–Crippen MR) is 82.9 cm³/mol. The third-order valence-corrected chi connectivity index (χ3v) is 4.55. The second kappa shape index (κ2) is 6.23. The van der Waals surface area contributed by atoms with Crippen molar-refractivity contribution >= 4 is 0 Å². The van der Waals surface area contributed by atoms with Crippen LogP contribution < -0.4 is 0 Å². The van der Waals surface area contributed by atoms with Gasteiger partial charge in [0.15, 0.2) is 0 Å². The molecule has 0 bridgehead atoms. The van der Waals surface area contributed by atoms with Gasteiger partial charge in [0.25, 0.3) is 0 Å². The van der Waals surface area contributed by atoms with Crippen molar-refractivity contribution in [1.82, 2.24) is 0 Å². The van der Waals surface area contributed by atoms with Crippen molar-refractivity contribution in [1.29, 1.82) is 0 Å². The zero-order valence-electron chi connectivity index (χ0n) is 12.0. The summed E-state index contributed by atoms with van der Waals surface area (Å²) in [7, 11) is 1.86. The average Bonchev–Trinajstić information content (AvgIpc) is 2.98. The van der Waals surface area contributed by atoms with Crippen molar-refractivity contribution in [2.24, 2.45) is 5.92 Å². The van der Waals surface area contributed by atoms with E-state index in [9.17, 15) is 0 Å². The summed E-state index contributed by atoms with van der Waals surface area (Å²) in [6.07, 6.45) is 4.12. The molecule has 2 aromatic carbocycles. The summed E-state index contributed by atoms with van der Waals surface area (Å²) < 4.78 is 5.75. The minimum atomic E-state index is 0.389. The van der Waals surface area contributed by atoms with Crippen LogP contribution in [0.2, 0.25) is 0 Å². The first-order chi connectivity index (χ1) is 9.90. The highest BCUT2D eigenvalue weighted by Crippen LogP contribution is 2.42. The third-order valence-electron chi connectivity index (χ3n) is 4.55. The quantitative estimate of drug-likeness (QED) is 0.783. The van der Waals surface area contributed by atoms with Crippen LogP contribution in [0.25, 0.3) is 0 Å². The first-order valence-electron chi connectivity index (χ1n) is 7.53. The minimum Gasteiger partial charge on any atom is -0.381 e. The number of methoxy groups -OCH3 is 1. The first-order valence-corrected chi connectivity index (χ1v) is 7.53. The van der Waals surface area contributed by atoms with Gasteiger partial charge in [0, 0.05) is 13.0 Å². The van der Waals surface area contributed by atoms with E-state index in [1.807, 2.05) is 7.11 Å². The van der Waals surface area contributed by atoms with E-state index in [1.54, 1.807) is 0 Å². The van der Waals surface area contributed by atoms with E-state index < -0.39 is 0 Å². The molecule has 0 spiro atoms. The van der Waals surface area contributed by atoms with Crippen LogP contribution in [0.5, 0.6) is 0 Å². The molecule has 2 atom stereocenters. The molecule has 0 N–H and O–H groups in total. The molecular weight excluding hydrogens is 244 g/mol.